The fraction of sp³-hybridized carbons (Fsp3) is 0.179. The summed E-state index contributed by atoms with van der Waals surface area (Å²) in [5.41, 5.74) is 1.89. The molecule has 1 unspecified atom stereocenters. The van der Waals surface area contributed by atoms with Crippen LogP contribution in [-0.2, 0) is 16.8 Å². The van der Waals surface area contributed by atoms with E-state index in [-0.39, 0.29) is 40.7 Å². The molecule has 10 heteroatoms. The van der Waals surface area contributed by atoms with Gasteiger partial charge in [0.25, 0.3) is 0 Å². The highest BCUT2D eigenvalue weighted by atomic mass is 32.1. The van der Waals surface area contributed by atoms with E-state index < -0.39 is 17.3 Å². The van der Waals surface area contributed by atoms with Gasteiger partial charge in [-0.25, -0.2) is 14.2 Å². The molecule has 0 saturated heterocycles. The minimum atomic E-state index is -1.06. The van der Waals surface area contributed by atoms with Crippen molar-refractivity contribution >= 4 is 28.3 Å². The van der Waals surface area contributed by atoms with Crippen molar-refractivity contribution in [2.24, 2.45) is 0 Å². The number of phenols is 1. The van der Waals surface area contributed by atoms with Crippen molar-refractivity contribution in [1.29, 1.82) is 0 Å². The molecule has 0 bridgehead atoms. The molecule has 0 aliphatic carbocycles. The van der Waals surface area contributed by atoms with Crippen molar-refractivity contribution in [1.82, 2.24) is 10.3 Å². The van der Waals surface area contributed by atoms with Crippen LogP contribution in [0, 0.1) is 5.82 Å². The first kappa shape index (κ1) is 25.4. The van der Waals surface area contributed by atoms with Crippen LogP contribution < -0.4 is 15.4 Å². The Labute approximate surface area is 221 Å². The van der Waals surface area contributed by atoms with Gasteiger partial charge < -0.3 is 25.6 Å². The number of anilines is 1. The van der Waals surface area contributed by atoms with Crippen molar-refractivity contribution in [2.75, 3.05) is 11.9 Å². The van der Waals surface area contributed by atoms with Gasteiger partial charge >= 0.3 is 5.97 Å². The average molecular weight is 534 g/mol. The molecule has 8 nitrogen and oxygen atoms in total. The summed E-state index contributed by atoms with van der Waals surface area (Å²) in [4.78, 5) is 27.9. The van der Waals surface area contributed by atoms with Crippen LogP contribution in [0.4, 0.5) is 9.52 Å². The number of fused-ring (bicyclic) bond motifs is 1. The van der Waals surface area contributed by atoms with Gasteiger partial charge in [0.15, 0.2) is 16.6 Å². The van der Waals surface area contributed by atoms with Crippen LogP contribution in [0.1, 0.15) is 34.8 Å². The topological polar surface area (TPSA) is 121 Å². The van der Waals surface area contributed by atoms with Crippen LogP contribution in [0.25, 0.3) is 11.1 Å². The maximum absolute atomic E-state index is 15.0. The Bertz CT molecular complexity index is 1510. The maximum atomic E-state index is 15.0. The molecule has 0 spiro atoms. The average Bonchev–Trinajstić information content (AvgIpc) is 3.38. The van der Waals surface area contributed by atoms with Crippen LogP contribution in [0.5, 0.6) is 17.2 Å². The Balaban J connectivity index is 1.38. The molecular weight excluding hydrogens is 509 g/mol. The third-order valence-corrected chi connectivity index (χ3v) is 7.18. The Kier molecular flexibility index (Phi) is 6.83. The molecule has 0 radical (unpaired) electrons. The Morgan fingerprint density at radius 1 is 1.18 bits per heavy atom. The largest absolute Gasteiger partial charge is 0.504 e. The Hall–Kier alpha value is -4.28. The number of carboxylic acids is 1. The minimum Gasteiger partial charge on any atom is -0.504 e. The summed E-state index contributed by atoms with van der Waals surface area (Å²) in [7, 11) is 0. The van der Waals surface area contributed by atoms with Crippen LogP contribution in [0.3, 0.4) is 0 Å². The zero-order valence-corrected chi connectivity index (χ0v) is 21.1. The molecule has 0 saturated carbocycles. The van der Waals surface area contributed by atoms with Crippen LogP contribution >= 0.6 is 11.3 Å². The predicted octanol–water partition coefficient (Wildman–Crippen LogP) is 5.54. The van der Waals surface area contributed by atoms with E-state index in [1.54, 1.807) is 29.8 Å². The molecule has 1 aliphatic rings. The van der Waals surface area contributed by atoms with Crippen LogP contribution in [0.2, 0.25) is 0 Å². The van der Waals surface area contributed by atoms with E-state index in [1.807, 2.05) is 6.92 Å². The van der Waals surface area contributed by atoms with Crippen LogP contribution in [-0.4, -0.2) is 33.6 Å². The zero-order valence-electron chi connectivity index (χ0n) is 20.3. The first-order chi connectivity index (χ1) is 18.2. The summed E-state index contributed by atoms with van der Waals surface area (Å²) in [6, 6.07) is 13.5. The highest BCUT2D eigenvalue weighted by Crippen LogP contribution is 2.41. The number of ether oxygens (including phenoxy) is 1. The summed E-state index contributed by atoms with van der Waals surface area (Å²) in [6.07, 6.45) is 2.41. The summed E-state index contributed by atoms with van der Waals surface area (Å²) in [5.74, 6) is -1.60. The number of aromatic carboxylic acids is 1. The van der Waals surface area contributed by atoms with Gasteiger partial charge in [-0.15, -0.1) is 11.3 Å². The first-order valence-corrected chi connectivity index (χ1v) is 12.7. The third-order valence-electron chi connectivity index (χ3n) is 6.49. The number of hydrogen-bond donors (Lipinski definition) is 4. The van der Waals surface area contributed by atoms with Crippen molar-refractivity contribution in [3.8, 4) is 28.4 Å². The van der Waals surface area contributed by atoms with Gasteiger partial charge in [0, 0.05) is 41.7 Å². The summed E-state index contributed by atoms with van der Waals surface area (Å²) in [5, 5.41) is 28.2. The van der Waals surface area contributed by atoms with Gasteiger partial charge in [-0.1, -0.05) is 12.1 Å². The van der Waals surface area contributed by atoms with Crippen molar-refractivity contribution < 1.29 is 28.9 Å². The maximum Gasteiger partial charge on any atom is 0.335 e. The number of carbonyl (C=O) groups is 2. The molecule has 4 N–H and O–H groups in total. The van der Waals surface area contributed by atoms with E-state index in [4.69, 9.17) is 9.84 Å². The van der Waals surface area contributed by atoms with Gasteiger partial charge in [-0.05, 0) is 66.4 Å². The molecule has 1 aliphatic heterocycles. The molecule has 1 aromatic heterocycles. The minimum absolute atomic E-state index is 0.0889. The monoisotopic (exact) mass is 533 g/mol. The second-order valence-electron chi connectivity index (χ2n) is 9.17. The number of phenolic OH excluding ortho intramolecular Hbond substituents is 1. The fourth-order valence-corrected chi connectivity index (χ4v) is 5.17. The number of rotatable bonds is 7. The lowest BCUT2D eigenvalue weighted by atomic mass is 9.81. The number of aromatic nitrogens is 1. The molecule has 1 atom stereocenters. The normalized spacial score (nSPS) is 16.5. The van der Waals surface area contributed by atoms with Gasteiger partial charge in [0.1, 0.15) is 11.6 Å². The lowest BCUT2D eigenvalue weighted by Crippen LogP contribution is -2.47. The van der Waals surface area contributed by atoms with Gasteiger partial charge in [0.05, 0.1) is 5.56 Å². The van der Waals surface area contributed by atoms with E-state index in [2.05, 4.69) is 15.6 Å². The number of hydrogen-bond acceptors (Lipinski definition) is 7. The third kappa shape index (κ3) is 5.22. The first-order valence-electron chi connectivity index (χ1n) is 11.8. The SMILES string of the molecule is CC1(CC(=O)Nc2nccs2)NCCc2cc(O)c(Oc3ccc(-c4ccc(C(=O)O)cc4)c(F)c3)cc21. The predicted molar refractivity (Wildman–Crippen MR) is 141 cm³/mol. The molecule has 2 heterocycles. The lowest BCUT2D eigenvalue weighted by Gasteiger charge is -2.37. The zero-order chi connectivity index (χ0) is 26.9. The van der Waals surface area contributed by atoms with E-state index in [9.17, 15) is 19.1 Å². The smallest absolute Gasteiger partial charge is 0.335 e. The molecular formula is C28H24FN3O5S. The summed E-state index contributed by atoms with van der Waals surface area (Å²) < 4.78 is 20.9. The fourth-order valence-electron chi connectivity index (χ4n) is 4.62. The van der Waals surface area contributed by atoms with E-state index in [0.29, 0.717) is 23.7 Å². The molecule has 4 aromatic rings. The molecule has 38 heavy (non-hydrogen) atoms. The van der Waals surface area contributed by atoms with Crippen molar-refractivity contribution in [3.63, 3.8) is 0 Å². The second kappa shape index (κ2) is 10.2. The number of aromatic hydroxyl groups is 1. The lowest BCUT2D eigenvalue weighted by molar-refractivity contribution is -0.117. The Morgan fingerprint density at radius 3 is 2.66 bits per heavy atom. The van der Waals surface area contributed by atoms with Crippen molar-refractivity contribution in [3.05, 3.63) is 88.7 Å². The van der Waals surface area contributed by atoms with Crippen LogP contribution in [0.15, 0.2) is 66.2 Å². The van der Waals surface area contributed by atoms with Gasteiger partial charge in [0.2, 0.25) is 5.91 Å². The second-order valence-corrected chi connectivity index (χ2v) is 10.1. The number of amides is 1. The molecule has 5 rings (SSSR count). The summed E-state index contributed by atoms with van der Waals surface area (Å²) in [6.45, 7) is 2.55. The quantitative estimate of drug-likeness (QED) is 0.246. The van der Waals surface area contributed by atoms with Crippen molar-refractivity contribution in [2.45, 2.75) is 25.3 Å². The number of carboxylic acid groups (broad SMARTS) is 1. The van der Waals surface area contributed by atoms with E-state index >= 15 is 0 Å². The number of nitrogens with one attached hydrogen (secondary N) is 2. The molecule has 0 fully saturated rings. The number of carbonyl (C=O) groups excluding carboxylic acids is 1. The highest BCUT2D eigenvalue weighted by Gasteiger charge is 2.35. The molecule has 3 aromatic carbocycles. The highest BCUT2D eigenvalue weighted by molar-refractivity contribution is 7.13. The standard InChI is InChI=1S/C28H24FN3O5S/c1-28(15-25(34)32-27-30-10-11-38-27)21-14-24(23(33)12-18(21)8-9-31-28)37-19-6-7-20(22(29)13-19)16-2-4-17(5-3-16)26(35)36/h2-7,10-14,31,33H,8-9,15H2,1H3,(H,35,36)(H,30,32,34). The van der Waals surface area contributed by atoms with Gasteiger partial charge in [-0.2, -0.15) is 0 Å². The van der Waals surface area contributed by atoms with Gasteiger partial charge in [-0.3, -0.25) is 4.79 Å². The molecule has 1 amide bonds. The molecule has 194 valence electrons. The number of halogens is 1. The summed E-state index contributed by atoms with van der Waals surface area (Å²) >= 11 is 1.34. The number of benzene rings is 3. The number of thiazole rings is 1. The Morgan fingerprint density at radius 2 is 1.97 bits per heavy atom. The van der Waals surface area contributed by atoms with E-state index in [0.717, 1.165) is 11.1 Å². The van der Waals surface area contributed by atoms with E-state index in [1.165, 1.54) is 47.7 Å². The number of nitrogens with zero attached hydrogens (tertiary/aromatic N) is 1.